The van der Waals surface area contributed by atoms with Crippen LogP contribution >= 0.6 is 15.9 Å². The van der Waals surface area contributed by atoms with Crippen molar-refractivity contribution in [1.82, 2.24) is 9.80 Å². The summed E-state index contributed by atoms with van der Waals surface area (Å²) in [5, 5.41) is 11.3. The van der Waals surface area contributed by atoms with Gasteiger partial charge in [-0.1, -0.05) is 41.9 Å². The second-order valence-electron chi connectivity index (χ2n) is 13.3. The van der Waals surface area contributed by atoms with Crippen molar-refractivity contribution in [2.45, 2.75) is 96.7 Å². The second kappa shape index (κ2) is 14.1. The Morgan fingerprint density at radius 1 is 1.10 bits per heavy atom. The van der Waals surface area contributed by atoms with Crippen LogP contribution in [0.4, 0.5) is 0 Å². The number of hydrogen-bond acceptors (Lipinski definition) is 9. The van der Waals surface area contributed by atoms with Crippen molar-refractivity contribution in [2.24, 2.45) is 17.3 Å². The summed E-state index contributed by atoms with van der Waals surface area (Å²) in [6.45, 7) is 11.8. The first-order chi connectivity index (χ1) is 19.5. The average molecular weight is 656 g/mol. The third-order valence-corrected chi connectivity index (χ3v) is 9.66. The van der Waals surface area contributed by atoms with Crippen LogP contribution in [0.1, 0.15) is 66.0 Å². The summed E-state index contributed by atoms with van der Waals surface area (Å²) in [7, 11) is 7.47. The van der Waals surface area contributed by atoms with Crippen molar-refractivity contribution < 1.29 is 33.6 Å². The van der Waals surface area contributed by atoms with E-state index in [0.717, 1.165) is 10.0 Å². The molecule has 0 bridgehead atoms. The topological polar surface area (TPSA) is 97.8 Å². The minimum atomic E-state index is -1.44. The van der Waals surface area contributed by atoms with Crippen LogP contribution in [0.25, 0.3) is 0 Å². The van der Waals surface area contributed by atoms with Gasteiger partial charge in [0.2, 0.25) is 0 Å². The van der Waals surface area contributed by atoms with Crippen LogP contribution in [0.3, 0.4) is 0 Å². The Bertz CT molecular complexity index is 1070. The molecule has 238 valence electrons. The minimum absolute atomic E-state index is 0.112. The summed E-state index contributed by atoms with van der Waals surface area (Å²) < 4.78 is 25.7. The van der Waals surface area contributed by atoms with Gasteiger partial charge < -0.3 is 29.0 Å². The Hall–Kier alpha value is -1.40. The van der Waals surface area contributed by atoms with Crippen LogP contribution in [0.5, 0.6) is 0 Å². The summed E-state index contributed by atoms with van der Waals surface area (Å²) in [6.07, 6.45) is -1.66. The van der Waals surface area contributed by atoms with Crippen LogP contribution in [0.2, 0.25) is 0 Å². The van der Waals surface area contributed by atoms with Crippen molar-refractivity contribution in [3.05, 3.63) is 34.3 Å². The molecular formula is C32H51BrN2O7. The van der Waals surface area contributed by atoms with Crippen molar-refractivity contribution in [3.63, 3.8) is 0 Å². The van der Waals surface area contributed by atoms with Crippen molar-refractivity contribution in [3.8, 4) is 0 Å². The van der Waals surface area contributed by atoms with E-state index in [9.17, 15) is 14.7 Å². The molecule has 0 saturated carbocycles. The molecule has 1 N–H and O–H groups in total. The van der Waals surface area contributed by atoms with Gasteiger partial charge in [-0.25, -0.2) is 0 Å². The fourth-order valence-corrected chi connectivity index (χ4v) is 6.85. The third kappa shape index (κ3) is 7.81. The lowest BCUT2D eigenvalue weighted by atomic mass is 9.74. The monoisotopic (exact) mass is 654 g/mol. The number of hydrogen-bond donors (Lipinski definition) is 1. The normalized spacial score (nSPS) is 37.5. The Morgan fingerprint density at radius 2 is 1.71 bits per heavy atom. The van der Waals surface area contributed by atoms with E-state index in [2.05, 4.69) is 27.8 Å². The number of ether oxygens (including phenoxy) is 4. The fraction of sp³-hybridized carbons (Fsp3) is 0.750. The smallest absolute Gasteiger partial charge is 0.319 e. The van der Waals surface area contributed by atoms with Gasteiger partial charge in [-0.15, -0.1) is 0 Å². The van der Waals surface area contributed by atoms with Crippen LogP contribution in [-0.4, -0.2) is 104 Å². The SMILES string of the molecule is CO[C@]1(C)C[C@@H](C)CN(C)[C@H](c2ccc(Br)cc2)COC(=O)C(C)(C)C(=O)[C@H](C)[C@H]1O[C@@H]1O[C@H](C)C[C@H](N(C)C)[C@H]1O. The van der Waals surface area contributed by atoms with E-state index < -0.39 is 41.4 Å². The first kappa shape index (κ1) is 35.1. The molecule has 1 aromatic carbocycles. The molecule has 10 heteroatoms. The molecule has 2 saturated heterocycles. The molecule has 9 atom stereocenters. The van der Waals surface area contributed by atoms with Crippen molar-refractivity contribution in [2.75, 3.05) is 41.4 Å². The Morgan fingerprint density at radius 3 is 2.29 bits per heavy atom. The van der Waals surface area contributed by atoms with E-state index in [1.807, 2.05) is 64.2 Å². The molecule has 0 amide bonds. The first-order valence-corrected chi connectivity index (χ1v) is 15.7. The molecule has 2 aliphatic heterocycles. The molecular weight excluding hydrogens is 604 g/mol. The van der Waals surface area contributed by atoms with Gasteiger partial charge in [0.05, 0.1) is 23.9 Å². The maximum atomic E-state index is 14.1. The lowest BCUT2D eigenvalue weighted by Crippen LogP contribution is -2.59. The van der Waals surface area contributed by atoms with E-state index in [4.69, 9.17) is 18.9 Å². The number of esters is 1. The zero-order chi connectivity index (χ0) is 31.6. The first-order valence-electron chi connectivity index (χ1n) is 14.9. The van der Waals surface area contributed by atoms with Crippen LogP contribution < -0.4 is 0 Å². The highest BCUT2D eigenvalue weighted by Crippen LogP contribution is 2.39. The number of nitrogens with zero attached hydrogens (tertiary/aromatic N) is 2. The van der Waals surface area contributed by atoms with E-state index in [-0.39, 0.29) is 36.5 Å². The maximum Gasteiger partial charge on any atom is 0.319 e. The molecule has 0 radical (unpaired) electrons. The number of likely N-dealkylation sites (N-methyl/N-ethyl adjacent to an activating group) is 2. The number of cyclic esters (lactones) is 1. The van der Waals surface area contributed by atoms with Crippen LogP contribution in [0, 0.1) is 17.3 Å². The highest BCUT2D eigenvalue weighted by Gasteiger charge is 2.51. The molecule has 0 aromatic heterocycles. The minimum Gasteiger partial charge on any atom is -0.463 e. The van der Waals surface area contributed by atoms with Crippen LogP contribution in [0.15, 0.2) is 28.7 Å². The summed E-state index contributed by atoms with van der Waals surface area (Å²) in [5.74, 6) is -1.56. The number of aliphatic hydroxyl groups is 1. The Kier molecular flexibility index (Phi) is 11.8. The van der Waals surface area contributed by atoms with Gasteiger partial charge in [0, 0.05) is 30.1 Å². The largest absolute Gasteiger partial charge is 0.463 e. The molecule has 0 aliphatic carbocycles. The van der Waals surface area contributed by atoms with Gasteiger partial charge in [-0.3, -0.25) is 14.5 Å². The third-order valence-electron chi connectivity index (χ3n) is 9.13. The number of methoxy groups -OCH3 is 1. The summed E-state index contributed by atoms with van der Waals surface area (Å²) in [5.41, 5.74) is -1.37. The molecule has 1 aromatic rings. The van der Waals surface area contributed by atoms with E-state index in [1.54, 1.807) is 27.9 Å². The van der Waals surface area contributed by atoms with Crippen molar-refractivity contribution in [1.29, 1.82) is 0 Å². The summed E-state index contributed by atoms with van der Waals surface area (Å²) >= 11 is 3.50. The van der Waals surface area contributed by atoms with Gasteiger partial charge in [0.1, 0.15) is 18.1 Å². The van der Waals surface area contributed by atoms with Gasteiger partial charge >= 0.3 is 5.97 Å². The quantitative estimate of drug-likeness (QED) is 0.365. The molecule has 3 rings (SSSR count). The standard InChI is InChI=1S/C32H51BrN2O7/c1-19-16-32(6,39-10)28(42-29-26(36)24(34(7)8)15-20(2)41-29)21(3)27(37)31(4,5)30(38)40-18-25(35(9)17-19)22-11-13-23(33)14-12-22/h11-14,19-21,24-26,28-29,36H,15-18H2,1-10H3/t19-,20-,21+,24+,25+,26-,28-,29+,32-/m1/s1. The predicted molar refractivity (Wildman–Crippen MR) is 165 cm³/mol. The number of carbonyl (C=O) groups excluding carboxylic acids is 2. The predicted octanol–water partition coefficient (Wildman–Crippen LogP) is 4.45. The molecule has 42 heavy (non-hydrogen) atoms. The molecule has 2 heterocycles. The summed E-state index contributed by atoms with van der Waals surface area (Å²) in [4.78, 5) is 31.8. The number of rotatable bonds is 5. The second-order valence-corrected chi connectivity index (χ2v) is 14.3. The molecule has 9 nitrogen and oxygen atoms in total. The summed E-state index contributed by atoms with van der Waals surface area (Å²) in [6, 6.07) is 7.59. The zero-order valence-electron chi connectivity index (χ0n) is 26.9. The zero-order valence-corrected chi connectivity index (χ0v) is 28.5. The average Bonchev–Trinajstić information content (AvgIpc) is 2.92. The van der Waals surface area contributed by atoms with Gasteiger partial charge in [-0.2, -0.15) is 0 Å². The lowest BCUT2D eigenvalue weighted by molar-refractivity contribution is -0.295. The molecule has 0 unspecified atom stereocenters. The van der Waals surface area contributed by atoms with Crippen molar-refractivity contribution >= 4 is 27.7 Å². The maximum absolute atomic E-state index is 14.1. The van der Waals surface area contributed by atoms with Gasteiger partial charge in [0.25, 0.3) is 0 Å². The number of carbonyl (C=O) groups is 2. The fourth-order valence-electron chi connectivity index (χ4n) is 6.59. The Labute approximate surface area is 260 Å². The number of benzene rings is 1. The molecule has 2 aliphatic rings. The molecule has 2 fully saturated rings. The van der Waals surface area contributed by atoms with E-state index in [0.29, 0.717) is 19.4 Å². The molecule has 0 spiro atoms. The van der Waals surface area contributed by atoms with Gasteiger partial charge in [0.15, 0.2) is 12.1 Å². The number of halogens is 1. The Balaban J connectivity index is 2.03. The number of Topliss-reactive ketones (excluding diaryl/α,β-unsaturated/α-hetero) is 1. The highest BCUT2D eigenvalue weighted by molar-refractivity contribution is 9.10. The van der Waals surface area contributed by atoms with E-state index in [1.165, 1.54) is 0 Å². The highest BCUT2D eigenvalue weighted by atomic mass is 79.9. The van der Waals surface area contributed by atoms with E-state index >= 15 is 0 Å². The number of ketones is 1. The van der Waals surface area contributed by atoms with Crippen LogP contribution in [-0.2, 0) is 28.5 Å². The number of aliphatic hydroxyl groups excluding tert-OH is 1. The van der Waals surface area contributed by atoms with Gasteiger partial charge in [-0.05, 0) is 85.3 Å². The lowest BCUT2D eigenvalue weighted by Gasteiger charge is -2.47.